The van der Waals surface area contributed by atoms with E-state index in [-0.39, 0.29) is 18.5 Å². The van der Waals surface area contributed by atoms with Crippen molar-refractivity contribution < 1.29 is 9.53 Å². The smallest absolute Gasteiger partial charge is 0.240 e. The van der Waals surface area contributed by atoms with Gasteiger partial charge in [0.15, 0.2) is 0 Å². The van der Waals surface area contributed by atoms with Gasteiger partial charge in [0.2, 0.25) is 5.91 Å². The van der Waals surface area contributed by atoms with Gasteiger partial charge in [-0.1, -0.05) is 24.3 Å². The number of aromatic nitrogens is 2. The van der Waals surface area contributed by atoms with E-state index in [1.54, 1.807) is 11.8 Å². The molecule has 0 saturated carbocycles. The summed E-state index contributed by atoms with van der Waals surface area (Å²) >= 11 is 1.70. The van der Waals surface area contributed by atoms with Gasteiger partial charge in [-0.15, -0.1) is 0 Å². The molecule has 0 aliphatic rings. The van der Waals surface area contributed by atoms with Crippen LogP contribution in [0, 0.1) is 0 Å². The molecule has 1 N–H and O–H groups in total. The molecule has 0 bridgehead atoms. The molecule has 1 aromatic heterocycles. The summed E-state index contributed by atoms with van der Waals surface area (Å²) in [6, 6.07) is 15.7. The van der Waals surface area contributed by atoms with Crippen molar-refractivity contribution in [1.29, 1.82) is 0 Å². The highest BCUT2D eigenvalue weighted by atomic mass is 32.2. The van der Waals surface area contributed by atoms with Crippen LogP contribution in [0.3, 0.4) is 0 Å². The average molecular weight is 384 g/mol. The normalized spacial score (nSPS) is 12.1. The number of fused-ring (bicyclic) bond motifs is 1. The van der Waals surface area contributed by atoms with E-state index in [9.17, 15) is 4.79 Å². The number of benzene rings is 2. The van der Waals surface area contributed by atoms with Crippen molar-refractivity contribution in [3.05, 3.63) is 59.9 Å². The summed E-state index contributed by atoms with van der Waals surface area (Å²) in [4.78, 5) is 17.3. The van der Waals surface area contributed by atoms with Crippen LogP contribution in [-0.4, -0.2) is 28.3 Å². The summed E-state index contributed by atoms with van der Waals surface area (Å²) in [6.07, 6.45) is 2.04. The summed E-state index contributed by atoms with van der Waals surface area (Å²) in [6.45, 7) is 4.85. The van der Waals surface area contributed by atoms with E-state index in [0.29, 0.717) is 6.61 Å². The minimum absolute atomic E-state index is 0.0260. The van der Waals surface area contributed by atoms with Crippen LogP contribution < -0.4 is 10.1 Å². The first-order valence-electron chi connectivity index (χ1n) is 9.07. The standard InChI is InChI=1S/C21H25N3O2S/c1-4-26-17-11-9-16(10-12-17)15(2)22-21(25)13-24-19-8-6-5-7-18(19)23-20(24)14-27-3/h5-12,15H,4,13-14H2,1-3H3,(H,22,25). The molecule has 1 atom stereocenters. The van der Waals surface area contributed by atoms with Gasteiger partial charge in [-0.25, -0.2) is 4.98 Å². The Morgan fingerprint density at radius 2 is 1.96 bits per heavy atom. The predicted octanol–water partition coefficient (Wildman–Crippen LogP) is 4.18. The topological polar surface area (TPSA) is 56.1 Å². The fourth-order valence-corrected chi connectivity index (χ4v) is 3.55. The molecule has 1 unspecified atom stereocenters. The summed E-state index contributed by atoms with van der Waals surface area (Å²) in [5.41, 5.74) is 2.96. The number of nitrogens with one attached hydrogen (secondary N) is 1. The Labute approximate surface area is 164 Å². The largest absolute Gasteiger partial charge is 0.494 e. The summed E-state index contributed by atoms with van der Waals surface area (Å²) in [5.74, 6) is 2.51. The third kappa shape index (κ3) is 4.63. The maximum absolute atomic E-state index is 12.7. The van der Waals surface area contributed by atoms with Crippen LogP contribution in [0.15, 0.2) is 48.5 Å². The summed E-state index contributed by atoms with van der Waals surface area (Å²) in [5, 5.41) is 3.08. The highest BCUT2D eigenvalue weighted by Gasteiger charge is 2.15. The second kappa shape index (κ2) is 8.95. The van der Waals surface area contributed by atoms with Crippen molar-refractivity contribution in [3.63, 3.8) is 0 Å². The fourth-order valence-electron chi connectivity index (χ4n) is 3.07. The van der Waals surface area contributed by atoms with Crippen molar-refractivity contribution in [2.24, 2.45) is 0 Å². The number of thioether (sulfide) groups is 1. The van der Waals surface area contributed by atoms with E-state index in [1.807, 2.05) is 73.2 Å². The minimum Gasteiger partial charge on any atom is -0.494 e. The molecule has 5 nitrogen and oxygen atoms in total. The number of rotatable bonds is 8. The number of ether oxygens (including phenoxy) is 1. The van der Waals surface area contributed by atoms with E-state index in [0.717, 1.165) is 33.9 Å². The molecule has 0 spiro atoms. The van der Waals surface area contributed by atoms with E-state index in [1.165, 1.54) is 0 Å². The van der Waals surface area contributed by atoms with E-state index in [4.69, 9.17) is 4.74 Å². The van der Waals surface area contributed by atoms with Gasteiger partial charge in [0, 0.05) is 0 Å². The number of carbonyl (C=O) groups is 1. The lowest BCUT2D eigenvalue weighted by Crippen LogP contribution is -2.30. The van der Waals surface area contributed by atoms with E-state index < -0.39 is 0 Å². The van der Waals surface area contributed by atoms with Crippen LogP contribution in [0.4, 0.5) is 0 Å². The third-order valence-corrected chi connectivity index (χ3v) is 4.92. The lowest BCUT2D eigenvalue weighted by Gasteiger charge is -2.16. The molecule has 1 amide bonds. The Balaban J connectivity index is 1.71. The first-order chi connectivity index (χ1) is 13.1. The van der Waals surface area contributed by atoms with Crippen LogP contribution in [0.2, 0.25) is 0 Å². The maximum atomic E-state index is 12.7. The van der Waals surface area contributed by atoms with Gasteiger partial charge in [-0.2, -0.15) is 11.8 Å². The highest BCUT2D eigenvalue weighted by Crippen LogP contribution is 2.20. The highest BCUT2D eigenvalue weighted by molar-refractivity contribution is 7.97. The molecule has 142 valence electrons. The van der Waals surface area contributed by atoms with Gasteiger partial charge in [-0.05, 0) is 49.9 Å². The molecule has 0 aliphatic carbocycles. The zero-order valence-electron chi connectivity index (χ0n) is 15.9. The summed E-state index contributed by atoms with van der Waals surface area (Å²) in [7, 11) is 0. The van der Waals surface area contributed by atoms with Crippen LogP contribution in [0.1, 0.15) is 31.3 Å². The van der Waals surface area contributed by atoms with Crippen molar-refractivity contribution >= 4 is 28.7 Å². The molecule has 6 heteroatoms. The first kappa shape index (κ1) is 19.3. The molecule has 0 radical (unpaired) electrons. The Bertz CT molecular complexity index is 905. The van der Waals surface area contributed by atoms with Crippen LogP contribution >= 0.6 is 11.8 Å². The molecule has 3 aromatic rings. The number of para-hydroxylation sites is 2. The second-order valence-corrected chi connectivity index (χ2v) is 7.19. The molecule has 3 rings (SSSR count). The Morgan fingerprint density at radius 1 is 1.22 bits per heavy atom. The van der Waals surface area contributed by atoms with Crippen LogP contribution in [-0.2, 0) is 17.1 Å². The van der Waals surface area contributed by atoms with Gasteiger partial charge >= 0.3 is 0 Å². The Kier molecular flexibility index (Phi) is 6.40. The van der Waals surface area contributed by atoms with Crippen molar-refractivity contribution in [2.45, 2.75) is 32.2 Å². The maximum Gasteiger partial charge on any atom is 0.240 e. The Hall–Kier alpha value is -2.47. The lowest BCUT2D eigenvalue weighted by atomic mass is 10.1. The van der Waals surface area contributed by atoms with Crippen LogP contribution in [0.25, 0.3) is 11.0 Å². The molecule has 27 heavy (non-hydrogen) atoms. The lowest BCUT2D eigenvalue weighted by molar-refractivity contribution is -0.122. The molecule has 0 aliphatic heterocycles. The number of imidazole rings is 1. The van der Waals surface area contributed by atoms with Gasteiger partial charge in [0.25, 0.3) is 0 Å². The number of amides is 1. The molecule has 1 heterocycles. The van der Waals surface area contributed by atoms with Gasteiger partial charge in [0.05, 0.1) is 29.4 Å². The molecule has 0 fully saturated rings. The first-order valence-corrected chi connectivity index (χ1v) is 10.5. The van der Waals surface area contributed by atoms with Gasteiger partial charge in [-0.3, -0.25) is 4.79 Å². The average Bonchev–Trinajstić information content (AvgIpc) is 3.00. The number of hydrogen-bond acceptors (Lipinski definition) is 4. The van der Waals surface area contributed by atoms with Crippen molar-refractivity contribution in [3.8, 4) is 5.75 Å². The Morgan fingerprint density at radius 3 is 2.67 bits per heavy atom. The quantitative estimate of drug-likeness (QED) is 0.634. The molecular formula is C21H25N3O2S. The van der Waals surface area contributed by atoms with Crippen molar-refractivity contribution in [2.75, 3.05) is 12.9 Å². The van der Waals surface area contributed by atoms with E-state index in [2.05, 4.69) is 10.3 Å². The monoisotopic (exact) mass is 383 g/mol. The third-order valence-electron chi connectivity index (χ3n) is 4.38. The molecule has 2 aromatic carbocycles. The number of carbonyl (C=O) groups excluding carboxylic acids is 1. The molecule has 0 saturated heterocycles. The molecular weight excluding hydrogens is 358 g/mol. The number of hydrogen-bond donors (Lipinski definition) is 1. The second-order valence-electron chi connectivity index (χ2n) is 6.33. The van der Waals surface area contributed by atoms with Gasteiger partial charge < -0.3 is 14.6 Å². The fraction of sp³-hybridized carbons (Fsp3) is 0.333. The predicted molar refractivity (Wildman–Crippen MR) is 111 cm³/mol. The summed E-state index contributed by atoms with van der Waals surface area (Å²) < 4.78 is 7.48. The number of nitrogens with zero attached hydrogens (tertiary/aromatic N) is 2. The van der Waals surface area contributed by atoms with Crippen molar-refractivity contribution in [1.82, 2.24) is 14.9 Å². The minimum atomic E-state index is -0.0769. The zero-order chi connectivity index (χ0) is 19.2. The zero-order valence-corrected chi connectivity index (χ0v) is 16.8. The van der Waals surface area contributed by atoms with E-state index >= 15 is 0 Å². The van der Waals surface area contributed by atoms with Crippen LogP contribution in [0.5, 0.6) is 5.75 Å². The van der Waals surface area contributed by atoms with Gasteiger partial charge in [0.1, 0.15) is 18.1 Å². The SMILES string of the molecule is CCOc1ccc(C(C)NC(=O)Cn2c(CSC)nc3ccccc32)cc1.